The van der Waals surface area contributed by atoms with Crippen LogP contribution in [0.25, 0.3) is 16.8 Å². The van der Waals surface area contributed by atoms with E-state index in [0.717, 1.165) is 11.6 Å². The van der Waals surface area contributed by atoms with Gasteiger partial charge in [0.2, 0.25) is 5.16 Å². The number of rotatable bonds is 6. The number of hydrogen-bond donors (Lipinski definition) is 1. The molecule has 154 valence electrons. The fraction of sp³-hybridized carbons (Fsp3) is 0.150. The number of fused-ring (bicyclic) bond motifs is 1. The van der Waals surface area contributed by atoms with Crippen LogP contribution < -0.4 is 15.0 Å². The predicted molar refractivity (Wildman–Crippen MR) is 108 cm³/mol. The van der Waals surface area contributed by atoms with Crippen LogP contribution in [0.2, 0.25) is 0 Å². The van der Waals surface area contributed by atoms with E-state index in [1.165, 1.54) is 35.5 Å². The molecule has 0 aliphatic rings. The molecule has 4 aromatic rings. The van der Waals surface area contributed by atoms with E-state index in [1.807, 2.05) is 0 Å². The Morgan fingerprint density at radius 2 is 1.77 bits per heavy atom. The second kappa shape index (κ2) is 8.15. The van der Waals surface area contributed by atoms with Gasteiger partial charge in [-0.15, -0.1) is 5.10 Å². The summed E-state index contributed by atoms with van der Waals surface area (Å²) in [6.45, 7) is 0. The molecule has 7 nitrogen and oxygen atoms in total. The van der Waals surface area contributed by atoms with E-state index in [-0.39, 0.29) is 5.75 Å². The maximum atomic E-state index is 13.4. The number of thioether (sulfide) groups is 1. The van der Waals surface area contributed by atoms with Crippen molar-refractivity contribution in [1.82, 2.24) is 19.8 Å². The van der Waals surface area contributed by atoms with Crippen LogP contribution in [0.15, 0.2) is 52.4 Å². The molecule has 10 heteroatoms. The van der Waals surface area contributed by atoms with E-state index in [0.29, 0.717) is 33.4 Å². The molecule has 0 bridgehead atoms. The minimum atomic E-state index is -0.653. The van der Waals surface area contributed by atoms with Crippen LogP contribution in [0.1, 0.15) is 5.56 Å². The average molecular weight is 430 g/mol. The highest BCUT2D eigenvalue weighted by Gasteiger charge is 2.14. The van der Waals surface area contributed by atoms with Crippen molar-refractivity contribution in [3.63, 3.8) is 0 Å². The molecule has 0 aliphatic carbocycles. The fourth-order valence-corrected chi connectivity index (χ4v) is 3.80. The lowest BCUT2D eigenvalue weighted by Gasteiger charge is -2.08. The van der Waals surface area contributed by atoms with Crippen molar-refractivity contribution >= 4 is 17.3 Å². The first-order chi connectivity index (χ1) is 14.5. The molecule has 30 heavy (non-hydrogen) atoms. The number of ether oxygens (including phenoxy) is 2. The van der Waals surface area contributed by atoms with Gasteiger partial charge in [0.1, 0.15) is 17.2 Å². The zero-order valence-corrected chi connectivity index (χ0v) is 16.8. The number of aromatic nitrogens is 4. The van der Waals surface area contributed by atoms with Crippen LogP contribution in [0, 0.1) is 11.6 Å². The van der Waals surface area contributed by atoms with Crippen molar-refractivity contribution in [1.29, 1.82) is 0 Å². The third-order valence-corrected chi connectivity index (χ3v) is 5.35. The van der Waals surface area contributed by atoms with Gasteiger partial charge in [-0.1, -0.05) is 11.8 Å². The molecule has 2 aromatic heterocycles. The number of methoxy groups -OCH3 is 2. The van der Waals surface area contributed by atoms with Gasteiger partial charge >= 0.3 is 0 Å². The molecule has 0 aliphatic heterocycles. The minimum Gasteiger partial charge on any atom is -0.493 e. The predicted octanol–water partition coefficient (Wildman–Crippen LogP) is 3.67. The van der Waals surface area contributed by atoms with Gasteiger partial charge in [-0.05, 0) is 42.0 Å². The molecule has 4 rings (SSSR count). The van der Waals surface area contributed by atoms with Gasteiger partial charge in [0.05, 0.1) is 19.9 Å². The van der Waals surface area contributed by atoms with Gasteiger partial charge in [0.15, 0.2) is 11.5 Å². The first-order valence-electron chi connectivity index (χ1n) is 8.77. The van der Waals surface area contributed by atoms with E-state index in [4.69, 9.17) is 9.47 Å². The summed E-state index contributed by atoms with van der Waals surface area (Å²) in [6, 6.07) is 10.2. The number of benzene rings is 2. The van der Waals surface area contributed by atoms with Crippen molar-refractivity contribution in [2.24, 2.45) is 0 Å². The topological polar surface area (TPSA) is 81.5 Å². The zero-order chi connectivity index (χ0) is 21.3. The standard InChI is InChI=1S/C20H16F2N4O3S/c1-28-17-4-3-12(7-18(17)29-2)15-9-16-19(27)23-24-20(26(16)25-15)30-10-11-5-13(21)8-14(22)6-11/h3-9H,10H2,1-2H3,(H,23,27). The highest BCUT2D eigenvalue weighted by atomic mass is 32.2. The van der Waals surface area contributed by atoms with Gasteiger partial charge < -0.3 is 9.47 Å². The van der Waals surface area contributed by atoms with E-state index in [2.05, 4.69) is 15.3 Å². The van der Waals surface area contributed by atoms with Gasteiger partial charge in [0, 0.05) is 17.4 Å². The molecular weight excluding hydrogens is 414 g/mol. The number of nitrogens with zero attached hydrogens (tertiary/aromatic N) is 3. The van der Waals surface area contributed by atoms with Crippen molar-refractivity contribution in [2.45, 2.75) is 10.9 Å². The van der Waals surface area contributed by atoms with Crippen LogP contribution in [-0.4, -0.2) is 34.0 Å². The summed E-state index contributed by atoms with van der Waals surface area (Å²) in [4.78, 5) is 12.2. The van der Waals surface area contributed by atoms with Crippen molar-refractivity contribution in [2.75, 3.05) is 14.2 Å². The maximum Gasteiger partial charge on any atom is 0.290 e. The molecule has 0 saturated carbocycles. The fourth-order valence-electron chi connectivity index (χ4n) is 2.96. The summed E-state index contributed by atoms with van der Waals surface area (Å²) >= 11 is 1.19. The second-order valence-corrected chi connectivity index (χ2v) is 7.24. The number of halogens is 2. The molecule has 2 heterocycles. The Kier molecular flexibility index (Phi) is 5.40. The lowest BCUT2D eigenvalue weighted by atomic mass is 10.1. The molecule has 0 atom stereocenters. The molecule has 1 N–H and O–H groups in total. The maximum absolute atomic E-state index is 13.4. The summed E-state index contributed by atoms with van der Waals surface area (Å²) in [5, 5.41) is 11.3. The van der Waals surface area contributed by atoms with Crippen LogP contribution in [0.5, 0.6) is 11.5 Å². The SMILES string of the molecule is COc1ccc(-c2cc3c(=O)[nH]nc(SCc4cc(F)cc(F)c4)n3n2)cc1OC. The normalized spacial score (nSPS) is 11.1. The Morgan fingerprint density at radius 1 is 1.03 bits per heavy atom. The summed E-state index contributed by atoms with van der Waals surface area (Å²) < 4.78 is 38.8. The van der Waals surface area contributed by atoms with E-state index < -0.39 is 17.2 Å². The first-order valence-corrected chi connectivity index (χ1v) is 9.75. The van der Waals surface area contributed by atoms with Crippen LogP contribution >= 0.6 is 11.8 Å². The van der Waals surface area contributed by atoms with Gasteiger partial charge in [0.25, 0.3) is 5.56 Å². The highest BCUT2D eigenvalue weighted by Crippen LogP contribution is 2.32. The Morgan fingerprint density at radius 3 is 2.47 bits per heavy atom. The van der Waals surface area contributed by atoms with Crippen LogP contribution in [0.4, 0.5) is 8.78 Å². The van der Waals surface area contributed by atoms with E-state index in [1.54, 1.807) is 31.4 Å². The molecule has 0 saturated heterocycles. The van der Waals surface area contributed by atoms with Gasteiger partial charge in [-0.3, -0.25) is 4.79 Å². The van der Waals surface area contributed by atoms with E-state index in [9.17, 15) is 13.6 Å². The molecule has 0 spiro atoms. The van der Waals surface area contributed by atoms with Gasteiger partial charge in [-0.25, -0.2) is 18.4 Å². The van der Waals surface area contributed by atoms with Crippen molar-refractivity contribution in [3.05, 3.63) is 70.0 Å². The summed E-state index contributed by atoms with van der Waals surface area (Å²) in [5.74, 6) is 0.0406. The summed E-state index contributed by atoms with van der Waals surface area (Å²) in [7, 11) is 3.07. The molecule has 0 amide bonds. The average Bonchev–Trinajstić information content (AvgIpc) is 3.18. The molecule has 0 radical (unpaired) electrons. The zero-order valence-electron chi connectivity index (χ0n) is 16.0. The summed E-state index contributed by atoms with van der Waals surface area (Å²) in [5.41, 5.74) is 1.59. The lowest BCUT2D eigenvalue weighted by Crippen LogP contribution is -2.13. The lowest BCUT2D eigenvalue weighted by molar-refractivity contribution is 0.355. The highest BCUT2D eigenvalue weighted by molar-refractivity contribution is 7.98. The van der Waals surface area contributed by atoms with Crippen LogP contribution in [0.3, 0.4) is 0 Å². The third kappa shape index (κ3) is 3.86. The number of hydrogen-bond acceptors (Lipinski definition) is 6. The Balaban J connectivity index is 1.70. The Hall–Kier alpha value is -3.40. The largest absolute Gasteiger partial charge is 0.493 e. The molecule has 2 aromatic carbocycles. The second-order valence-electron chi connectivity index (χ2n) is 6.30. The summed E-state index contributed by atoms with van der Waals surface area (Å²) in [6.07, 6.45) is 0. The third-order valence-electron chi connectivity index (χ3n) is 4.35. The molecular formula is C20H16F2N4O3S. The smallest absolute Gasteiger partial charge is 0.290 e. The van der Waals surface area contributed by atoms with Crippen LogP contribution in [-0.2, 0) is 5.75 Å². The Labute approximate surface area is 173 Å². The monoisotopic (exact) mass is 430 g/mol. The number of H-pyrrole nitrogens is 1. The van der Waals surface area contributed by atoms with E-state index >= 15 is 0 Å². The van der Waals surface area contributed by atoms with Crippen molar-refractivity contribution < 1.29 is 18.3 Å². The van der Waals surface area contributed by atoms with Gasteiger partial charge in [-0.2, -0.15) is 5.10 Å². The molecule has 0 unspecified atom stereocenters. The van der Waals surface area contributed by atoms with Crippen molar-refractivity contribution in [3.8, 4) is 22.8 Å². The number of aromatic amines is 1. The quantitative estimate of drug-likeness (QED) is 0.470. The molecule has 0 fully saturated rings. The number of nitrogens with one attached hydrogen (secondary N) is 1. The Bertz CT molecular complexity index is 1270. The minimum absolute atomic E-state index is 0.244. The first kappa shape index (κ1) is 19.9.